The predicted octanol–water partition coefficient (Wildman–Crippen LogP) is 3.91. The van der Waals surface area contributed by atoms with Gasteiger partial charge in [0.15, 0.2) is 0 Å². The molecule has 0 unspecified atom stereocenters. The van der Waals surface area contributed by atoms with Crippen molar-refractivity contribution >= 4 is 0 Å². The van der Waals surface area contributed by atoms with Crippen LogP contribution in [0.3, 0.4) is 0 Å². The van der Waals surface area contributed by atoms with E-state index in [4.69, 9.17) is 4.52 Å². The van der Waals surface area contributed by atoms with Crippen LogP contribution in [0.2, 0.25) is 0 Å². The average molecular weight is 360 g/mol. The Hall–Kier alpha value is -1.79. The third kappa shape index (κ3) is 4.48. The standard InChI is InChI=1S/C20H29FN4O/c1-14(2)7-8-24-9-11-25(12-10-24)16(4)20-22-19(23-26-20)17-6-5-15(3)18(21)13-17/h5-6,13-14,16H,7-12H2,1-4H3/t16-/m0/s1. The summed E-state index contributed by atoms with van der Waals surface area (Å²) < 4.78 is 19.2. The van der Waals surface area contributed by atoms with E-state index in [1.54, 1.807) is 13.0 Å². The fraction of sp³-hybridized carbons (Fsp3) is 0.600. The maximum atomic E-state index is 13.8. The van der Waals surface area contributed by atoms with Crippen LogP contribution in [0.4, 0.5) is 4.39 Å². The maximum Gasteiger partial charge on any atom is 0.244 e. The Balaban J connectivity index is 1.60. The zero-order valence-electron chi connectivity index (χ0n) is 16.2. The van der Waals surface area contributed by atoms with Crippen molar-refractivity contribution in [3.8, 4) is 11.4 Å². The number of nitrogens with zero attached hydrogens (tertiary/aromatic N) is 4. The Bertz CT molecular complexity index is 722. The molecule has 0 bridgehead atoms. The van der Waals surface area contributed by atoms with E-state index in [1.165, 1.54) is 19.0 Å². The Kier molecular flexibility index (Phi) is 6.04. The Morgan fingerprint density at radius 1 is 1.15 bits per heavy atom. The van der Waals surface area contributed by atoms with Crippen molar-refractivity contribution in [3.63, 3.8) is 0 Å². The van der Waals surface area contributed by atoms with Gasteiger partial charge in [-0.15, -0.1) is 0 Å². The van der Waals surface area contributed by atoms with E-state index < -0.39 is 0 Å². The van der Waals surface area contributed by atoms with E-state index in [0.29, 0.717) is 22.8 Å². The van der Waals surface area contributed by atoms with Gasteiger partial charge in [0.2, 0.25) is 11.7 Å². The van der Waals surface area contributed by atoms with Crippen molar-refractivity contribution in [3.05, 3.63) is 35.5 Å². The summed E-state index contributed by atoms with van der Waals surface area (Å²) in [4.78, 5) is 9.40. The third-order valence-corrected chi connectivity index (χ3v) is 5.21. The zero-order chi connectivity index (χ0) is 18.7. The Labute approximate surface area is 155 Å². The van der Waals surface area contributed by atoms with E-state index in [9.17, 15) is 4.39 Å². The van der Waals surface area contributed by atoms with E-state index in [1.807, 2.05) is 6.07 Å². The van der Waals surface area contributed by atoms with E-state index in [0.717, 1.165) is 32.1 Å². The van der Waals surface area contributed by atoms with Gasteiger partial charge in [-0.2, -0.15) is 4.98 Å². The molecule has 0 spiro atoms. The summed E-state index contributed by atoms with van der Waals surface area (Å²) in [6, 6.07) is 5.09. The van der Waals surface area contributed by atoms with Gasteiger partial charge in [0.25, 0.3) is 0 Å². The molecule has 1 atom stereocenters. The first-order chi connectivity index (χ1) is 12.4. The minimum absolute atomic E-state index is 0.0683. The molecule has 3 rings (SSSR count). The maximum absolute atomic E-state index is 13.8. The van der Waals surface area contributed by atoms with Crippen molar-refractivity contribution < 1.29 is 8.91 Å². The second-order valence-electron chi connectivity index (χ2n) is 7.66. The number of benzene rings is 1. The number of hydrogen-bond acceptors (Lipinski definition) is 5. The Morgan fingerprint density at radius 3 is 2.54 bits per heavy atom. The van der Waals surface area contributed by atoms with Crippen molar-refractivity contribution in [2.75, 3.05) is 32.7 Å². The van der Waals surface area contributed by atoms with Gasteiger partial charge in [0.1, 0.15) is 5.82 Å². The van der Waals surface area contributed by atoms with Gasteiger partial charge in [0.05, 0.1) is 6.04 Å². The molecular formula is C20H29FN4O. The van der Waals surface area contributed by atoms with Crippen molar-refractivity contribution in [2.45, 2.75) is 40.2 Å². The second kappa shape index (κ2) is 8.27. The number of halogens is 1. The van der Waals surface area contributed by atoms with Crippen LogP contribution in [0.1, 0.15) is 44.7 Å². The molecule has 6 heteroatoms. The van der Waals surface area contributed by atoms with Crippen LogP contribution in [0.5, 0.6) is 0 Å². The molecule has 1 aromatic heterocycles. The first kappa shape index (κ1) is 19.0. The minimum atomic E-state index is -0.251. The molecule has 1 aliphatic heterocycles. The highest BCUT2D eigenvalue weighted by Gasteiger charge is 2.26. The van der Waals surface area contributed by atoms with Crippen LogP contribution >= 0.6 is 0 Å². The zero-order valence-corrected chi connectivity index (χ0v) is 16.2. The highest BCUT2D eigenvalue weighted by molar-refractivity contribution is 5.54. The van der Waals surface area contributed by atoms with Gasteiger partial charge >= 0.3 is 0 Å². The predicted molar refractivity (Wildman–Crippen MR) is 100 cm³/mol. The second-order valence-corrected chi connectivity index (χ2v) is 7.66. The van der Waals surface area contributed by atoms with E-state index in [-0.39, 0.29) is 11.9 Å². The van der Waals surface area contributed by atoms with E-state index in [2.05, 4.69) is 40.7 Å². The fourth-order valence-electron chi connectivity index (χ4n) is 3.23. The number of hydrogen-bond donors (Lipinski definition) is 0. The summed E-state index contributed by atoms with van der Waals surface area (Å²) in [7, 11) is 0. The normalized spacial score (nSPS) is 17.8. The lowest BCUT2D eigenvalue weighted by Gasteiger charge is -2.37. The summed E-state index contributed by atoms with van der Waals surface area (Å²) in [5.74, 6) is 1.53. The van der Waals surface area contributed by atoms with Gasteiger partial charge in [-0.1, -0.05) is 31.1 Å². The molecule has 0 amide bonds. The molecule has 142 valence electrons. The summed E-state index contributed by atoms with van der Waals surface area (Å²) in [5.41, 5.74) is 1.26. The van der Waals surface area contributed by atoms with Gasteiger partial charge in [-0.25, -0.2) is 4.39 Å². The molecule has 26 heavy (non-hydrogen) atoms. The van der Waals surface area contributed by atoms with Gasteiger partial charge in [-0.05, 0) is 44.4 Å². The summed E-state index contributed by atoms with van der Waals surface area (Å²) in [6.07, 6.45) is 1.25. The first-order valence-electron chi connectivity index (χ1n) is 9.50. The molecule has 5 nitrogen and oxygen atoms in total. The van der Waals surface area contributed by atoms with Gasteiger partial charge < -0.3 is 9.42 Å². The smallest absolute Gasteiger partial charge is 0.244 e. The lowest BCUT2D eigenvalue weighted by atomic mass is 10.1. The highest BCUT2D eigenvalue weighted by Crippen LogP contribution is 2.24. The molecule has 1 aliphatic rings. The Morgan fingerprint density at radius 2 is 1.88 bits per heavy atom. The summed E-state index contributed by atoms with van der Waals surface area (Å²) >= 11 is 0. The minimum Gasteiger partial charge on any atom is -0.337 e. The number of aromatic nitrogens is 2. The fourth-order valence-corrected chi connectivity index (χ4v) is 3.23. The monoisotopic (exact) mass is 360 g/mol. The molecule has 2 aromatic rings. The van der Waals surface area contributed by atoms with Crippen LogP contribution in [0.15, 0.2) is 22.7 Å². The third-order valence-electron chi connectivity index (χ3n) is 5.21. The SMILES string of the molecule is Cc1ccc(-c2noc([C@H](C)N3CCN(CCC(C)C)CC3)n2)cc1F. The van der Waals surface area contributed by atoms with Crippen LogP contribution < -0.4 is 0 Å². The first-order valence-corrected chi connectivity index (χ1v) is 9.50. The topological polar surface area (TPSA) is 45.4 Å². The molecule has 1 aromatic carbocycles. The number of aryl methyl sites for hydroxylation is 1. The van der Waals surface area contributed by atoms with Crippen molar-refractivity contribution in [1.29, 1.82) is 0 Å². The molecule has 0 N–H and O–H groups in total. The molecule has 1 fully saturated rings. The van der Waals surface area contributed by atoms with Crippen LogP contribution in [0.25, 0.3) is 11.4 Å². The molecule has 0 aliphatic carbocycles. The quantitative estimate of drug-likeness (QED) is 0.781. The molecule has 0 radical (unpaired) electrons. The van der Waals surface area contributed by atoms with Gasteiger partial charge in [0, 0.05) is 31.7 Å². The van der Waals surface area contributed by atoms with Gasteiger partial charge in [-0.3, -0.25) is 4.90 Å². The lowest BCUT2D eigenvalue weighted by molar-refractivity contribution is 0.0858. The molecular weight excluding hydrogens is 331 g/mol. The number of piperazine rings is 1. The summed E-state index contributed by atoms with van der Waals surface area (Å²) in [5, 5.41) is 4.05. The highest BCUT2D eigenvalue weighted by atomic mass is 19.1. The molecule has 1 saturated heterocycles. The lowest BCUT2D eigenvalue weighted by Crippen LogP contribution is -2.47. The number of rotatable bonds is 6. The van der Waals surface area contributed by atoms with E-state index >= 15 is 0 Å². The van der Waals surface area contributed by atoms with Crippen LogP contribution in [-0.4, -0.2) is 52.7 Å². The largest absolute Gasteiger partial charge is 0.337 e. The molecule has 0 saturated carbocycles. The average Bonchev–Trinajstić information content (AvgIpc) is 3.12. The summed E-state index contributed by atoms with van der Waals surface area (Å²) in [6.45, 7) is 13.7. The van der Waals surface area contributed by atoms with Crippen molar-refractivity contribution in [1.82, 2.24) is 19.9 Å². The van der Waals surface area contributed by atoms with Crippen LogP contribution in [-0.2, 0) is 0 Å². The van der Waals surface area contributed by atoms with Crippen molar-refractivity contribution in [2.24, 2.45) is 5.92 Å². The van der Waals surface area contributed by atoms with Crippen LogP contribution in [0, 0.1) is 18.7 Å². The molecule has 2 heterocycles.